The second-order valence-corrected chi connectivity index (χ2v) is 11.3. The minimum Gasteiger partial charge on any atom is -0.272 e. The largest absolute Gasteiger partial charge is 0.273 e. The van der Waals surface area contributed by atoms with Crippen molar-refractivity contribution in [2.24, 2.45) is 23.7 Å². The van der Waals surface area contributed by atoms with E-state index in [0.717, 1.165) is 22.5 Å². The maximum Gasteiger partial charge on any atom is 0.273 e. The van der Waals surface area contributed by atoms with Crippen molar-refractivity contribution in [1.82, 2.24) is 10.0 Å². The molecular weight excluding hydrogens is 594 g/mol. The number of halogens is 3. The number of hydrogen-bond acceptors (Lipinski definition) is 5. The van der Waals surface area contributed by atoms with Gasteiger partial charge in [-0.25, -0.2) is 5.01 Å². The lowest BCUT2D eigenvalue weighted by molar-refractivity contribution is -0.384. The number of nitro benzene ring substituents is 1. The molecule has 6 atom stereocenters. The lowest BCUT2D eigenvalue weighted by Gasteiger charge is -2.31. The highest BCUT2D eigenvalue weighted by Crippen LogP contribution is 2.60. The number of carbonyl (C=O) groups excluding carboxylic acids is 3. The van der Waals surface area contributed by atoms with E-state index in [4.69, 9.17) is 11.6 Å². The van der Waals surface area contributed by atoms with E-state index in [9.17, 15) is 24.5 Å². The molecule has 1 saturated heterocycles. The van der Waals surface area contributed by atoms with Crippen LogP contribution < -0.4 is 0 Å². The maximum atomic E-state index is 13.6. The van der Waals surface area contributed by atoms with Crippen molar-refractivity contribution in [2.45, 2.75) is 22.6 Å². The monoisotopic (exact) mass is 609 g/mol. The number of rotatable bonds is 5. The number of hydrogen-bond donors (Lipinski definition) is 0. The van der Waals surface area contributed by atoms with Crippen LogP contribution in [-0.2, 0) is 16.1 Å². The first-order valence-electron chi connectivity index (χ1n) is 10.7. The van der Waals surface area contributed by atoms with Gasteiger partial charge >= 0.3 is 0 Å². The molecule has 0 unspecified atom stereocenters. The van der Waals surface area contributed by atoms with Crippen LogP contribution in [0.1, 0.15) is 22.3 Å². The Bertz CT molecular complexity index is 1190. The smallest absolute Gasteiger partial charge is 0.272 e. The van der Waals surface area contributed by atoms with E-state index in [0.29, 0.717) is 10.6 Å². The molecule has 34 heavy (non-hydrogen) atoms. The highest BCUT2D eigenvalue weighted by atomic mass is 79.9. The summed E-state index contributed by atoms with van der Waals surface area (Å²) in [4.78, 5) is 51.6. The lowest BCUT2D eigenvalue weighted by atomic mass is 9.81. The molecular formula is C23H18Br2ClN3O5. The van der Waals surface area contributed by atoms with Gasteiger partial charge in [0, 0.05) is 32.4 Å². The summed E-state index contributed by atoms with van der Waals surface area (Å²) in [5.74, 6) is -2.59. The Kier molecular flexibility index (Phi) is 6.02. The Morgan fingerprint density at radius 1 is 1.06 bits per heavy atom. The third kappa shape index (κ3) is 3.58. The zero-order valence-electron chi connectivity index (χ0n) is 17.5. The van der Waals surface area contributed by atoms with Crippen LogP contribution in [-0.4, -0.2) is 42.3 Å². The van der Waals surface area contributed by atoms with E-state index in [1.165, 1.54) is 18.2 Å². The standard InChI is InChI=1S/C23H18Br2ClN3O5/c24-19-14-9-15(20(19)25)18-17(14)22(31)28(23(18)32)27(10-12-4-1-2-7-16(12)26)21(30)11-5-3-6-13(8-11)29(33)34/h1-8,14-15,17-20H,9-10H2/t14-,15-,17-,18+,19-,20+/m1/s1. The highest BCUT2D eigenvalue weighted by molar-refractivity contribution is 9.12. The molecule has 1 aliphatic heterocycles. The van der Waals surface area contributed by atoms with Crippen LogP contribution in [0, 0.1) is 33.8 Å². The summed E-state index contributed by atoms with van der Waals surface area (Å²) in [5, 5.41) is 13.7. The normalized spacial score (nSPS) is 29.4. The fourth-order valence-corrected chi connectivity index (χ4v) is 7.56. The van der Waals surface area contributed by atoms with Crippen molar-refractivity contribution in [2.75, 3.05) is 0 Å². The van der Waals surface area contributed by atoms with Gasteiger partial charge in [0.2, 0.25) is 0 Å². The first-order chi connectivity index (χ1) is 16.2. The summed E-state index contributed by atoms with van der Waals surface area (Å²) in [6.07, 6.45) is 0.760. The van der Waals surface area contributed by atoms with Gasteiger partial charge < -0.3 is 0 Å². The summed E-state index contributed by atoms with van der Waals surface area (Å²) in [7, 11) is 0. The van der Waals surface area contributed by atoms with Gasteiger partial charge in [0.25, 0.3) is 23.4 Å². The van der Waals surface area contributed by atoms with Crippen LogP contribution in [0.3, 0.4) is 0 Å². The summed E-state index contributed by atoms with van der Waals surface area (Å²) in [5.41, 5.74) is 0.278. The maximum absolute atomic E-state index is 13.6. The van der Waals surface area contributed by atoms with E-state index in [1.807, 2.05) is 0 Å². The SMILES string of the molecule is O=C(c1cccc([N+](=O)[O-])c1)N(Cc1ccccc1Cl)N1C(=O)[C@@H]2[C@H]3C[C@@H]([C@H](Br)[C@@H]3Br)[C@@H]2C1=O. The number of nitro groups is 1. The molecule has 11 heteroatoms. The summed E-state index contributed by atoms with van der Waals surface area (Å²) >= 11 is 13.7. The van der Waals surface area contributed by atoms with Crippen LogP contribution in [0.4, 0.5) is 5.69 Å². The number of fused-ring (bicyclic) bond motifs is 5. The van der Waals surface area contributed by atoms with Crippen molar-refractivity contribution in [1.29, 1.82) is 0 Å². The van der Waals surface area contributed by atoms with Gasteiger partial charge in [-0.05, 0) is 36.0 Å². The molecule has 8 nitrogen and oxygen atoms in total. The summed E-state index contributed by atoms with van der Waals surface area (Å²) in [6.45, 7) is -0.136. The number of alkyl halides is 2. The lowest BCUT2D eigenvalue weighted by Crippen LogP contribution is -2.50. The predicted molar refractivity (Wildman–Crippen MR) is 130 cm³/mol. The van der Waals surface area contributed by atoms with Crippen LogP contribution >= 0.6 is 43.5 Å². The minimum absolute atomic E-state index is 0.00128. The van der Waals surface area contributed by atoms with Gasteiger partial charge in [-0.2, -0.15) is 5.01 Å². The van der Waals surface area contributed by atoms with Crippen LogP contribution in [0.15, 0.2) is 48.5 Å². The Labute approximate surface area is 216 Å². The third-order valence-electron chi connectivity index (χ3n) is 7.02. The minimum atomic E-state index is -0.691. The Morgan fingerprint density at radius 3 is 2.26 bits per heavy atom. The van der Waals surface area contributed by atoms with Gasteiger partial charge in [0.15, 0.2) is 0 Å². The Hall–Kier alpha value is -2.30. The average molecular weight is 612 g/mol. The molecule has 2 bridgehead atoms. The second kappa shape index (κ2) is 8.73. The fraction of sp³-hybridized carbons (Fsp3) is 0.348. The molecule has 2 saturated carbocycles. The molecule has 2 aliphatic carbocycles. The van der Waals surface area contributed by atoms with Crippen LogP contribution in [0.2, 0.25) is 5.02 Å². The first kappa shape index (κ1) is 23.4. The average Bonchev–Trinajstić information content (AvgIpc) is 3.43. The van der Waals surface area contributed by atoms with Crippen LogP contribution in [0.5, 0.6) is 0 Å². The fourth-order valence-electron chi connectivity index (χ4n) is 5.49. The number of nitrogens with zero attached hydrogens (tertiary/aromatic N) is 3. The summed E-state index contributed by atoms with van der Waals surface area (Å²) < 4.78 is 0. The van der Waals surface area contributed by atoms with Gasteiger partial charge in [-0.1, -0.05) is 67.7 Å². The molecule has 3 amide bonds. The van der Waals surface area contributed by atoms with Crippen molar-refractivity contribution < 1.29 is 19.3 Å². The van der Waals surface area contributed by atoms with Crippen molar-refractivity contribution in [3.63, 3.8) is 0 Å². The van der Waals surface area contributed by atoms with E-state index in [1.54, 1.807) is 24.3 Å². The van der Waals surface area contributed by atoms with E-state index >= 15 is 0 Å². The molecule has 0 N–H and O–H groups in total. The number of amides is 3. The molecule has 5 rings (SSSR count). The summed E-state index contributed by atoms with van der Waals surface area (Å²) in [6, 6.07) is 12.1. The van der Waals surface area contributed by atoms with Gasteiger partial charge in [0.1, 0.15) is 0 Å². The van der Waals surface area contributed by atoms with Gasteiger partial charge in [-0.15, -0.1) is 0 Å². The second-order valence-electron chi connectivity index (χ2n) is 8.75. The topological polar surface area (TPSA) is 101 Å². The van der Waals surface area contributed by atoms with Crippen molar-refractivity contribution in [3.05, 3.63) is 74.8 Å². The molecule has 3 aliphatic rings. The van der Waals surface area contributed by atoms with Crippen molar-refractivity contribution in [3.8, 4) is 0 Å². The molecule has 176 valence electrons. The molecule has 0 radical (unpaired) electrons. The quantitative estimate of drug-likeness (QED) is 0.213. The van der Waals surface area contributed by atoms with E-state index in [-0.39, 0.29) is 39.3 Å². The molecule has 2 aromatic rings. The Balaban J connectivity index is 1.55. The number of benzene rings is 2. The molecule has 0 spiro atoms. The van der Waals surface area contributed by atoms with Crippen molar-refractivity contribution >= 4 is 66.9 Å². The van der Waals surface area contributed by atoms with Gasteiger partial charge in [-0.3, -0.25) is 24.5 Å². The van der Waals surface area contributed by atoms with Crippen LogP contribution in [0.25, 0.3) is 0 Å². The first-order valence-corrected chi connectivity index (χ1v) is 12.9. The zero-order valence-corrected chi connectivity index (χ0v) is 21.4. The Morgan fingerprint density at radius 2 is 1.68 bits per heavy atom. The molecule has 0 aromatic heterocycles. The number of hydrazine groups is 1. The number of imide groups is 1. The van der Waals surface area contributed by atoms with E-state index in [2.05, 4.69) is 31.9 Å². The van der Waals surface area contributed by atoms with Gasteiger partial charge in [0.05, 0.1) is 23.3 Å². The highest BCUT2D eigenvalue weighted by Gasteiger charge is 2.67. The molecule has 2 aromatic carbocycles. The zero-order chi connectivity index (χ0) is 24.3. The molecule has 1 heterocycles. The predicted octanol–water partition coefficient (Wildman–Crippen LogP) is 4.58. The number of non-ortho nitro benzene ring substituents is 1. The van der Waals surface area contributed by atoms with E-state index < -0.39 is 34.5 Å². The molecule has 3 fully saturated rings. The third-order valence-corrected chi connectivity index (χ3v) is 10.6. The number of carbonyl (C=O) groups is 3.